The lowest BCUT2D eigenvalue weighted by Crippen LogP contribution is -2.54. The van der Waals surface area contributed by atoms with Crippen molar-refractivity contribution in [2.24, 2.45) is 0 Å². The molecule has 2 N–H and O–H groups in total. The Kier molecular flexibility index (Phi) is 9.10. The Labute approximate surface area is 240 Å². The Balaban J connectivity index is 1.20. The van der Waals surface area contributed by atoms with Gasteiger partial charge in [0, 0.05) is 25.8 Å². The minimum absolute atomic E-state index is 0.0415. The molecule has 5 rings (SSSR count). The van der Waals surface area contributed by atoms with Crippen molar-refractivity contribution in [3.63, 3.8) is 0 Å². The van der Waals surface area contributed by atoms with Crippen molar-refractivity contribution in [1.29, 1.82) is 0 Å². The summed E-state index contributed by atoms with van der Waals surface area (Å²) in [4.78, 5) is 29.8. The molecule has 12 heteroatoms. The molecule has 0 radical (unpaired) electrons. The van der Waals surface area contributed by atoms with Gasteiger partial charge >= 0.3 is 0 Å². The zero-order valence-electron chi connectivity index (χ0n) is 23.2. The van der Waals surface area contributed by atoms with Gasteiger partial charge in [0.05, 0.1) is 29.0 Å². The van der Waals surface area contributed by atoms with Gasteiger partial charge in [-0.25, -0.2) is 12.8 Å². The van der Waals surface area contributed by atoms with E-state index in [1.54, 1.807) is 11.9 Å². The molecule has 2 aromatic carbocycles. The highest BCUT2D eigenvalue weighted by molar-refractivity contribution is 7.92. The zero-order valence-corrected chi connectivity index (χ0v) is 24.0. The first-order valence-electron chi connectivity index (χ1n) is 14.2. The first kappa shape index (κ1) is 29.3. The van der Waals surface area contributed by atoms with Gasteiger partial charge in [-0.05, 0) is 75.2 Å². The number of piperidine rings is 1. The van der Waals surface area contributed by atoms with Crippen LogP contribution in [-0.2, 0) is 19.6 Å². The van der Waals surface area contributed by atoms with Crippen LogP contribution in [0.25, 0.3) is 0 Å². The van der Waals surface area contributed by atoms with Gasteiger partial charge in [-0.15, -0.1) is 0 Å². The molecule has 2 amide bonds. The van der Waals surface area contributed by atoms with Gasteiger partial charge in [-0.3, -0.25) is 14.3 Å². The van der Waals surface area contributed by atoms with Crippen molar-refractivity contribution in [3.8, 4) is 5.75 Å². The monoisotopic (exact) mass is 588 g/mol. The van der Waals surface area contributed by atoms with Crippen LogP contribution in [0.1, 0.15) is 48.9 Å². The number of amides is 2. The maximum Gasteiger partial charge on any atom is 0.261 e. The Morgan fingerprint density at radius 1 is 1.10 bits per heavy atom. The summed E-state index contributed by atoms with van der Waals surface area (Å²) in [6.07, 6.45) is 4.55. The van der Waals surface area contributed by atoms with Crippen LogP contribution < -0.4 is 14.8 Å². The van der Waals surface area contributed by atoms with Crippen molar-refractivity contribution in [1.82, 2.24) is 15.1 Å². The summed E-state index contributed by atoms with van der Waals surface area (Å²) in [6, 6.07) is 8.86. The average molecular weight is 589 g/mol. The van der Waals surface area contributed by atoms with Crippen LogP contribution in [0.4, 0.5) is 10.1 Å². The second-order valence-corrected chi connectivity index (χ2v) is 12.6. The molecule has 2 aromatic rings. The van der Waals surface area contributed by atoms with E-state index in [0.29, 0.717) is 25.1 Å². The van der Waals surface area contributed by atoms with E-state index in [9.17, 15) is 22.4 Å². The highest BCUT2D eigenvalue weighted by Gasteiger charge is 2.39. The Morgan fingerprint density at radius 2 is 1.90 bits per heavy atom. The highest BCUT2D eigenvalue weighted by Crippen LogP contribution is 2.33. The molecule has 0 unspecified atom stereocenters. The van der Waals surface area contributed by atoms with Gasteiger partial charge in [0.1, 0.15) is 24.3 Å². The minimum Gasteiger partial charge on any atom is -0.490 e. The van der Waals surface area contributed by atoms with Crippen LogP contribution >= 0.6 is 0 Å². The molecule has 3 atom stereocenters. The number of carbonyl (C=O) groups excluding carboxylic acids is 2. The Bertz CT molecular complexity index is 1370. The molecular weight excluding hydrogens is 551 g/mol. The van der Waals surface area contributed by atoms with Gasteiger partial charge in [-0.1, -0.05) is 12.5 Å². The predicted molar refractivity (Wildman–Crippen MR) is 151 cm³/mol. The van der Waals surface area contributed by atoms with E-state index < -0.39 is 21.9 Å². The lowest BCUT2D eigenvalue weighted by molar-refractivity contribution is -0.134. The summed E-state index contributed by atoms with van der Waals surface area (Å²) in [5.74, 6) is -0.745. The van der Waals surface area contributed by atoms with Crippen molar-refractivity contribution in [2.45, 2.75) is 61.7 Å². The van der Waals surface area contributed by atoms with Gasteiger partial charge in [0.2, 0.25) is 5.91 Å². The molecule has 3 heterocycles. The van der Waals surface area contributed by atoms with E-state index in [4.69, 9.17) is 9.47 Å². The SMILES string of the molecule is CN1C(=O)c2cc(NS(=O)(=O)c3cccc(F)c3)ccc2OC[C@H]2O[C@H](CC(=O)NCCN3CCCCC3)CC[C@@H]21. The third-order valence-electron chi connectivity index (χ3n) is 7.98. The van der Waals surface area contributed by atoms with Gasteiger partial charge in [0.15, 0.2) is 0 Å². The molecule has 2 saturated heterocycles. The number of nitrogens with zero attached hydrogens (tertiary/aromatic N) is 2. The maximum absolute atomic E-state index is 13.6. The summed E-state index contributed by atoms with van der Waals surface area (Å²) in [5, 5.41) is 3.01. The maximum atomic E-state index is 13.6. The summed E-state index contributed by atoms with van der Waals surface area (Å²) >= 11 is 0. The first-order chi connectivity index (χ1) is 19.7. The standard InChI is InChI=1S/C29H37FN4O6S/c1-33-25-10-9-22(18-28(35)31-12-15-34-13-3-2-4-14-34)40-27(25)19-39-26-11-8-21(17-24(26)29(33)36)32-41(37,38)23-7-5-6-20(30)16-23/h5-8,11,16-17,22,25,27,32H,2-4,9-10,12-15,18-19H2,1H3,(H,31,35)/t22-,25-,27+/m0/s1. The van der Waals surface area contributed by atoms with E-state index in [0.717, 1.165) is 31.8 Å². The highest BCUT2D eigenvalue weighted by atomic mass is 32.2. The number of halogens is 1. The number of hydrogen-bond donors (Lipinski definition) is 2. The van der Waals surface area contributed by atoms with Crippen LogP contribution in [-0.4, -0.2) is 88.1 Å². The number of likely N-dealkylation sites (tertiary alicyclic amines) is 1. The molecule has 0 spiro atoms. The topological polar surface area (TPSA) is 117 Å². The molecule has 0 aromatic heterocycles. The van der Waals surface area contributed by atoms with Crippen LogP contribution in [0.2, 0.25) is 0 Å². The molecule has 0 aliphatic carbocycles. The summed E-state index contributed by atoms with van der Waals surface area (Å²) in [7, 11) is -2.38. The number of fused-ring (bicyclic) bond motifs is 2. The minimum atomic E-state index is -4.07. The van der Waals surface area contributed by atoms with Crippen molar-refractivity contribution in [3.05, 3.63) is 53.8 Å². The number of carbonyl (C=O) groups is 2. The fourth-order valence-corrected chi connectivity index (χ4v) is 6.84. The van der Waals surface area contributed by atoms with Crippen molar-refractivity contribution >= 4 is 27.5 Å². The molecular formula is C29H37FN4O6S. The molecule has 3 aliphatic rings. The van der Waals surface area contributed by atoms with E-state index >= 15 is 0 Å². The number of nitrogens with one attached hydrogen (secondary N) is 2. The zero-order chi connectivity index (χ0) is 29.0. The van der Waals surface area contributed by atoms with E-state index in [1.807, 2.05) is 0 Å². The Morgan fingerprint density at radius 3 is 2.68 bits per heavy atom. The van der Waals surface area contributed by atoms with Gasteiger partial charge in [0.25, 0.3) is 15.9 Å². The van der Waals surface area contributed by atoms with E-state index in [1.165, 1.54) is 49.6 Å². The fourth-order valence-electron chi connectivity index (χ4n) is 5.75. The first-order valence-corrected chi connectivity index (χ1v) is 15.6. The lowest BCUT2D eigenvalue weighted by atomic mass is 9.94. The summed E-state index contributed by atoms with van der Waals surface area (Å²) in [5.41, 5.74) is 0.363. The average Bonchev–Trinajstić information content (AvgIpc) is 2.95. The Hall–Kier alpha value is -3.22. The third kappa shape index (κ3) is 7.17. The second kappa shape index (κ2) is 12.7. The normalized spacial score (nSPS) is 23.4. The van der Waals surface area contributed by atoms with Crippen LogP contribution in [0.5, 0.6) is 5.75 Å². The van der Waals surface area contributed by atoms with Crippen LogP contribution in [0.15, 0.2) is 47.4 Å². The summed E-state index contributed by atoms with van der Waals surface area (Å²) in [6.45, 7) is 3.83. The molecule has 3 aliphatic heterocycles. The van der Waals surface area contributed by atoms with Gasteiger partial charge in [-0.2, -0.15) is 0 Å². The predicted octanol–water partition coefficient (Wildman–Crippen LogP) is 3.00. The van der Waals surface area contributed by atoms with E-state index in [2.05, 4.69) is 14.9 Å². The smallest absolute Gasteiger partial charge is 0.261 e. The molecule has 0 bridgehead atoms. The number of hydrogen-bond acceptors (Lipinski definition) is 7. The molecule has 0 saturated carbocycles. The second-order valence-electron chi connectivity index (χ2n) is 10.9. The molecule has 41 heavy (non-hydrogen) atoms. The number of likely N-dealkylation sites (N-methyl/N-ethyl adjacent to an activating group) is 1. The summed E-state index contributed by atoms with van der Waals surface area (Å²) < 4.78 is 53.8. The number of benzene rings is 2. The number of ether oxygens (including phenoxy) is 2. The largest absolute Gasteiger partial charge is 0.490 e. The fraction of sp³-hybridized carbons (Fsp3) is 0.517. The van der Waals surface area contributed by atoms with E-state index in [-0.39, 0.29) is 53.1 Å². The van der Waals surface area contributed by atoms with Crippen molar-refractivity contribution < 1.29 is 31.9 Å². The van der Waals surface area contributed by atoms with Crippen LogP contribution in [0.3, 0.4) is 0 Å². The number of anilines is 1. The van der Waals surface area contributed by atoms with Gasteiger partial charge < -0.3 is 24.6 Å². The third-order valence-corrected chi connectivity index (χ3v) is 9.36. The van der Waals surface area contributed by atoms with Crippen LogP contribution in [0, 0.1) is 5.82 Å². The molecule has 2 fully saturated rings. The lowest BCUT2D eigenvalue weighted by Gasteiger charge is -2.42. The molecule has 10 nitrogen and oxygen atoms in total. The number of rotatable bonds is 8. The van der Waals surface area contributed by atoms with Crippen molar-refractivity contribution in [2.75, 3.05) is 44.6 Å². The number of sulfonamides is 1. The quantitative estimate of drug-likeness (QED) is 0.487. The molecule has 222 valence electrons.